The van der Waals surface area contributed by atoms with E-state index in [1.807, 2.05) is 23.1 Å². The van der Waals surface area contributed by atoms with E-state index in [9.17, 15) is 0 Å². The summed E-state index contributed by atoms with van der Waals surface area (Å²) in [6, 6.07) is 32.0. The van der Waals surface area contributed by atoms with Gasteiger partial charge in [0, 0.05) is 17.7 Å². The zero-order valence-corrected chi connectivity index (χ0v) is 14.1. The summed E-state index contributed by atoms with van der Waals surface area (Å²) >= 11 is 0. The molecule has 0 atom stereocenters. The van der Waals surface area contributed by atoms with Crippen molar-refractivity contribution in [1.29, 1.82) is 0 Å². The van der Waals surface area contributed by atoms with E-state index in [0.29, 0.717) is 0 Å². The van der Waals surface area contributed by atoms with Gasteiger partial charge in [-0.3, -0.25) is 0 Å². The molecule has 0 bridgehead atoms. The average molecular weight is 328 g/mol. The number of hydrogen-bond donors (Lipinski definition) is 0. The Morgan fingerprint density at radius 1 is 0.625 bits per heavy atom. The molecule has 0 saturated carbocycles. The zero-order valence-electron chi connectivity index (χ0n) is 13.2. The molecule has 2 nitrogen and oxygen atoms in total. The van der Waals surface area contributed by atoms with Crippen molar-refractivity contribution in [2.75, 3.05) is 0 Å². The molecule has 4 rings (SSSR count). The van der Waals surface area contributed by atoms with Crippen LogP contribution in [0.3, 0.4) is 0 Å². The van der Waals surface area contributed by atoms with Crippen LogP contribution in [0.25, 0.3) is 5.69 Å². The summed E-state index contributed by atoms with van der Waals surface area (Å²) in [6.07, 6.45) is 3.83. The van der Waals surface area contributed by atoms with E-state index in [4.69, 9.17) is 0 Å². The molecule has 0 unspecified atom stereocenters. The van der Waals surface area contributed by atoms with Crippen LogP contribution in [0, 0.1) is 0 Å². The quantitative estimate of drug-likeness (QED) is 0.523. The second kappa shape index (κ2) is 6.82. The molecule has 1 heterocycles. The Labute approximate surface area is 143 Å². The van der Waals surface area contributed by atoms with Crippen LogP contribution in [0.15, 0.2) is 103 Å². The van der Waals surface area contributed by atoms with E-state index in [0.717, 1.165) is 5.69 Å². The highest BCUT2D eigenvalue weighted by atomic mass is 31.1. The molecule has 3 aromatic carbocycles. The van der Waals surface area contributed by atoms with Gasteiger partial charge in [0.1, 0.15) is 0 Å². The molecule has 0 radical (unpaired) electrons. The minimum atomic E-state index is -0.632. The van der Waals surface area contributed by atoms with E-state index in [2.05, 4.69) is 90.0 Å². The zero-order chi connectivity index (χ0) is 16.2. The standard InChI is InChI=1S/C21H17N2P/c1-3-10-18(11-4-1)24(19-12-5-2-6-13-19)21-15-8-7-14-20(21)23-17-9-16-22-23/h1-17H. The van der Waals surface area contributed by atoms with Crippen molar-refractivity contribution in [2.45, 2.75) is 0 Å². The van der Waals surface area contributed by atoms with E-state index >= 15 is 0 Å². The monoisotopic (exact) mass is 328 g/mol. The number of aromatic nitrogens is 2. The molecule has 0 amide bonds. The molecule has 0 fully saturated rings. The molecule has 0 aliphatic heterocycles. The normalized spacial score (nSPS) is 10.9. The molecular formula is C21H17N2P. The first-order valence-corrected chi connectivity index (χ1v) is 9.27. The van der Waals surface area contributed by atoms with Crippen LogP contribution in [-0.4, -0.2) is 9.78 Å². The van der Waals surface area contributed by atoms with Crippen LogP contribution in [0.1, 0.15) is 0 Å². The van der Waals surface area contributed by atoms with Gasteiger partial charge in [0.2, 0.25) is 0 Å². The molecule has 0 aliphatic carbocycles. The first-order valence-electron chi connectivity index (χ1n) is 7.93. The van der Waals surface area contributed by atoms with Crippen LogP contribution >= 0.6 is 7.92 Å². The third-order valence-corrected chi connectivity index (χ3v) is 6.39. The Kier molecular flexibility index (Phi) is 4.22. The van der Waals surface area contributed by atoms with Crippen LogP contribution in [0.5, 0.6) is 0 Å². The van der Waals surface area contributed by atoms with Crippen molar-refractivity contribution >= 4 is 23.8 Å². The van der Waals surface area contributed by atoms with Crippen molar-refractivity contribution in [3.63, 3.8) is 0 Å². The van der Waals surface area contributed by atoms with Crippen LogP contribution in [-0.2, 0) is 0 Å². The van der Waals surface area contributed by atoms with Crippen LogP contribution < -0.4 is 15.9 Å². The van der Waals surface area contributed by atoms with E-state index in [1.54, 1.807) is 0 Å². The summed E-state index contributed by atoms with van der Waals surface area (Å²) in [5.41, 5.74) is 1.14. The highest BCUT2D eigenvalue weighted by molar-refractivity contribution is 7.80. The fourth-order valence-corrected chi connectivity index (χ4v) is 5.28. The summed E-state index contributed by atoms with van der Waals surface area (Å²) in [4.78, 5) is 0. The maximum Gasteiger partial charge on any atom is 0.0728 e. The second-order valence-corrected chi connectivity index (χ2v) is 7.63. The number of rotatable bonds is 4. The lowest BCUT2D eigenvalue weighted by atomic mass is 10.3. The van der Waals surface area contributed by atoms with Crippen LogP contribution in [0.2, 0.25) is 0 Å². The van der Waals surface area contributed by atoms with Gasteiger partial charge in [-0.05, 0) is 30.7 Å². The largest absolute Gasteiger partial charge is 0.240 e. The van der Waals surface area contributed by atoms with Gasteiger partial charge in [-0.25, -0.2) is 4.68 Å². The first-order chi connectivity index (χ1) is 11.9. The Bertz CT molecular complexity index is 864. The first kappa shape index (κ1) is 14.9. The molecule has 4 aromatic rings. The molecule has 1 aromatic heterocycles. The molecule has 3 heteroatoms. The summed E-state index contributed by atoms with van der Waals surface area (Å²) in [5, 5.41) is 8.45. The van der Waals surface area contributed by atoms with Gasteiger partial charge in [0.15, 0.2) is 0 Å². The highest BCUT2D eigenvalue weighted by Crippen LogP contribution is 2.34. The Balaban J connectivity index is 1.93. The number of benzene rings is 3. The maximum absolute atomic E-state index is 4.44. The van der Waals surface area contributed by atoms with E-state index in [1.165, 1.54) is 15.9 Å². The molecule has 0 saturated heterocycles. The lowest BCUT2D eigenvalue weighted by Crippen LogP contribution is -2.23. The fraction of sp³-hybridized carbons (Fsp3) is 0. The number of para-hydroxylation sites is 1. The molecular weight excluding hydrogens is 311 g/mol. The third-order valence-electron chi connectivity index (χ3n) is 3.90. The minimum Gasteiger partial charge on any atom is -0.240 e. The summed E-state index contributed by atoms with van der Waals surface area (Å²) in [5.74, 6) is 0. The van der Waals surface area contributed by atoms with Crippen molar-refractivity contribution in [1.82, 2.24) is 9.78 Å². The Hall–Kier alpha value is -2.70. The van der Waals surface area contributed by atoms with E-state index < -0.39 is 7.92 Å². The molecule has 24 heavy (non-hydrogen) atoms. The Morgan fingerprint density at radius 2 is 1.21 bits per heavy atom. The lowest BCUT2D eigenvalue weighted by Gasteiger charge is -2.22. The lowest BCUT2D eigenvalue weighted by molar-refractivity contribution is 0.886. The van der Waals surface area contributed by atoms with Gasteiger partial charge in [0.05, 0.1) is 5.69 Å². The SMILES string of the molecule is c1ccc(P(c2ccccc2)c2ccccc2-n2cccn2)cc1. The second-order valence-electron chi connectivity index (χ2n) is 5.45. The third kappa shape index (κ3) is 2.89. The average Bonchev–Trinajstić information content (AvgIpc) is 3.19. The predicted molar refractivity (Wildman–Crippen MR) is 102 cm³/mol. The van der Waals surface area contributed by atoms with E-state index in [-0.39, 0.29) is 0 Å². The molecule has 0 N–H and O–H groups in total. The molecule has 116 valence electrons. The number of hydrogen-bond acceptors (Lipinski definition) is 1. The topological polar surface area (TPSA) is 17.8 Å². The minimum absolute atomic E-state index is 0.632. The maximum atomic E-state index is 4.44. The van der Waals surface area contributed by atoms with Crippen LogP contribution in [0.4, 0.5) is 0 Å². The highest BCUT2D eigenvalue weighted by Gasteiger charge is 2.19. The fourth-order valence-electron chi connectivity index (χ4n) is 2.84. The number of nitrogens with zero attached hydrogens (tertiary/aromatic N) is 2. The van der Waals surface area contributed by atoms with Gasteiger partial charge >= 0.3 is 0 Å². The van der Waals surface area contributed by atoms with Gasteiger partial charge in [-0.2, -0.15) is 5.10 Å². The van der Waals surface area contributed by atoms with Crippen molar-refractivity contribution < 1.29 is 0 Å². The summed E-state index contributed by atoms with van der Waals surface area (Å²) in [7, 11) is -0.632. The van der Waals surface area contributed by atoms with Crippen molar-refractivity contribution in [2.24, 2.45) is 0 Å². The summed E-state index contributed by atoms with van der Waals surface area (Å²) < 4.78 is 1.95. The van der Waals surface area contributed by atoms with Gasteiger partial charge < -0.3 is 0 Å². The smallest absolute Gasteiger partial charge is 0.0728 e. The van der Waals surface area contributed by atoms with Crippen molar-refractivity contribution in [3.8, 4) is 5.69 Å². The van der Waals surface area contributed by atoms with Gasteiger partial charge in [-0.15, -0.1) is 0 Å². The Morgan fingerprint density at radius 3 is 1.79 bits per heavy atom. The molecule has 0 spiro atoms. The predicted octanol–water partition coefficient (Wildman–Crippen LogP) is 3.63. The van der Waals surface area contributed by atoms with Crippen molar-refractivity contribution in [3.05, 3.63) is 103 Å². The van der Waals surface area contributed by atoms with Gasteiger partial charge in [-0.1, -0.05) is 78.9 Å². The van der Waals surface area contributed by atoms with Gasteiger partial charge in [0.25, 0.3) is 0 Å². The molecule has 0 aliphatic rings. The summed E-state index contributed by atoms with van der Waals surface area (Å²) in [6.45, 7) is 0.